The number of halogens is 1. The second-order valence-electron chi connectivity index (χ2n) is 34.1. The summed E-state index contributed by atoms with van der Waals surface area (Å²) in [5, 5.41) is 16.5. The molecular weight excluding hydrogens is 1360 g/mol. The first kappa shape index (κ1) is 89.5. The van der Waals surface area contributed by atoms with Gasteiger partial charge in [0.05, 0.1) is 24.2 Å². The molecule has 6 rings (SSSR count). The Bertz CT molecular complexity index is 3290. The molecular formula is C70H123ClN14O14S2. The highest BCUT2D eigenvalue weighted by atomic mass is 35.5. The Hall–Kier alpha value is -5.72. The molecule has 6 aliphatic rings. The zero-order chi connectivity index (χ0) is 76.7. The molecule has 0 radical (unpaired) electrons. The molecule has 576 valence electrons. The maximum atomic E-state index is 14.4. The number of likely N-dealkylation sites (tertiary alicyclic amines) is 2. The Kier molecular flexibility index (Phi) is 30.9. The largest absolute Gasteiger partial charge is 0.346 e. The number of hydrogen-bond donors (Lipinski definition) is 7. The topological polar surface area (TPSA) is 369 Å². The molecule has 2 aliphatic heterocycles. The summed E-state index contributed by atoms with van der Waals surface area (Å²) in [4.78, 5) is 137. The molecule has 31 heteroatoms. The minimum Gasteiger partial charge on any atom is -0.346 e. The van der Waals surface area contributed by atoms with E-state index in [0.29, 0.717) is 31.8 Å². The molecule has 8 N–H and O–H groups in total. The molecule has 0 bridgehead atoms. The summed E-state index contributed by atoms with van der Waals surface area (Å²) in [6, 6.07) is -6.95. The van der Waals surface area contributed by atoms with E-state index in [1.54, 1.807) is 4.90 Å². The summed E-state index contributed by atoms with van der Waals surface area (Å²) in [5.74, 6) is -3.74. The van der Waals surface area contributed by atoms with Crippen LogP contribution in [0, 0.1) is 68.0 Å². The number of carbonyl (C=O) groups excluding carboxylic acids is 10. The van der Waals surface area contributed by atoms with E-state index in [-0.39, 0.29) is 96.2 Å². The zero-order valence-corrected chi connectivity index (χ0v) is 66.6. The number of nitrogens with two attached hydrogens (primary N) is 1. The summed E-state index contributed by atoms with van der Waals surface area (Å²) in [6.45, 7) is 39.2. The molecule has 2 unspecified atom stereocenters. The third-order valence-corrected chi connectivity index (χ3v) is 25.1. The number of fused-ring (bicyclic) bond motifs is 2. The number of aliphatic imine (C=N–C) groups is 1. The van der Waals surface area contributed by atoms with Crippen LogP contribution in [-0.4, -0.2) is 233 Å². The van der Waals surface area contributed by atoms with Crippen LogP contribution in [-0.2, 0) is 63.6 Å². The normalized spacial score (nSPS) is 23.2. The SMILES string of the molecule is C=CCNC(=O)C(=O)C(CC1CCC1)NC(=O)[C@@H]1[C@@H]2[C@H](CN1C(=O)[C@@H](N)C(C)(C)C)C2(C)C.C=CCNC(=O)C(=O)C(CC1CCC1)NC(=O)[C@@H]1[C@@H]2[C@H](CN1C(=O)[C@@H](NC(=O)N[C@H](CN(C)S(=O)(=O)N(C)C)C(C)(C)C)C(C)(C)C)C2(C)C.CN(C)S(=O)(=O)N(C)C[C@@H](N=C=O)C(C)(C)C.Cl. The fraction of sp³-hybridized carbons (Fsp3) is 0.800. The average molecular weight is 1480 g/mol. The number of hydrogen-bond acceptors (Lipinski definition) is 16. The van der Waals surface area contributed by atoms with Crippen LogP contribution in [0.15, 0.2) is 30.3 Å². The Labute approximate surface area is 608 Å². The quantitative estimate of drug-likeness (QED) is 0.0239. The van der Waals surface area contributed by atoms with Gasteiger partial charge in [-0.15, -0.1) is 25.6 Å². The van der Waals surface area contributed by atoms with Gasteiger partial charge in [-0.2, -0.15) is 34.1 Å². The highest BCUT2D eigenvalue weighted by Crippen LogP contribution is 2.66. The first-order chi connectivity index (χ1) is 45.7. The van der Waals surface area contributed by atoms with Crippen molar-refractivity contribution < 1.29 is 64.8 Å². The molecule has 12 atom stereocenters. The summed E-state index contributed by atoms with van der Waals surface area (Å²) < 4.78 is 53.7. The fourth-order valence-electron chi connectivity index (χ4n) is 13.6. The molecule has 4 saturated carbocycles. The summed E-state index contributed by atoms with van der Waals surface area (Å²) in [6.07, 6.45) is 11.2. The van der Waals surface area contributed by atoms with E-state index in [1.165, 1.54) is 74.0 Å². The molecule has 0 aromatic heterocycles. The number of nitrogens with one attached hydrogen (secondary N) is 6. The number of rotatable bonds is 29. The smallest absolute Gasteiger partial charge is 0.315 e. The summed E-state index contributed by atoms with van der Waals surface area (Å²) in [5.41, 5.74) is 3.93. The second kappa shape index (κ2) is 34.9. The van der Waals surface area contributed by atoms with E-state index in [0.717, 1.165) is 47.1 Å². The minimum absolute atomic E-state index is 0. The Morgan fingerprint density at radius 3 is 1.26 bits per heavy atom. The molecule has 4 aliphatic carbocycles. The molecule has 2 heterocycles. The lowest BCUT2D eigenvalue weighted by atomic mass is 9.80. The van der Waals surface area contributed by atoms with Crippen LogP contribution in [0.2, 0.25) is 0 Å². The number of Topliss-reactive ketones (excluding diaryl/α,β-unsaturated/α-hetero) is 2. The highest BCUT2D eigenvalue weighted by Gasteiger charge is 2.71. The summed E-state index contributed by atoms with van der Waals surface area (Å²) >= 11 is 0. The predicted molar refractivity (Wildman–Crippen MR) is 391 cm³/mol. The Morgan fingerprint density at radius 2 is 0.950 bits per heavy atom. The van der Waals surface area contributed by atoms with Crippen molar-refractivity contribution in [3.8, 4) is 0 Å². The van der Waals surface area contributed by atoms with E-state index in [4.69, 9.17) is 5.73 Å². The molecule has 2 saturated heterocycles. The number of amides is 8. The van der Waals surface area contributed by atoms with Crippen molar-refractivity contribution in [1.82, 2.24) is 58.9 Å². The lowest BCUT2D eigenvalue weighted by Crippen LogP contribution is -2.63. The number of piperidine rings is 2. The van der Waals surface area contributed by atoms with Gasteiger partial charge in [-0.05, 0) is 80.8 Å². The standard InChI is InChI=1S/C35H61N7O7S.C25H40N4O4.C10H21N3O3S.ClH/c1-13-17-36-30(45)27(43)23(18-21-15-14-16-21)37-29(44)26-25-22(35(25,8)9)19-42(26)31(46)28(34(5,6)7)39-32(47)38-24(33(2,3)4)20-41(12)50(48,49)40(10)11;1-7-11-27-22(32)19(30)16(12-14-9-8-10-14)28-21(31)18-17-15(25(17,5)6)13-29(18)23(33)20(26)24(2,3)4;1-10(2,3)9(11-8-14)7-13(6)17(15,16)12(4)5;/h13,21-26,28H,1,14-20H2,2-12H3,(H,36,45)(H,37,44)(H2,38,39,47);7,14-18,20H,1,8-13,26H2,2-6H3,(H,27,32)(H,28,31);9H,7H2,1-6H3;1H/t22-,23?,24+,25-,26-,28+;15-,16?,17-,18-,20+;9-;/m001./s1. The van der Waals surface area contributed by atoms with Crippen LogP contribution < -0.4 is 37.6 Å². The van der Waals surface area contributed by atoms with Crippen molar-refractivity contribution in [3.05, 3.63) is 25.3 Å². The van der Waals surface area contributed by atoms with Gasteiger partial charge in [-0.25, -0.2) is 14.6 Å². The predicted octanol–water partition coefficient (Wildman–Crippen LogP) is 4.17. The number of urea groups is 1. The van der Waals surface area contributed by atoms with Crippen molar-refractivity contribution in [2.24, 2.45) is 78.7 Å². The lowest BCUT2D eigenvalue weighted by molar-refractivity contribution is -0.145. The maximum Gasteiger partial charge on any atom is 0.315 e. The number of carbonyl (C=O) groups is 9. The molecule has 28 nitrogen and oxygen atoms in total. The molecule has 101 heavy (non-hydrogen) atoms. The van der Waals surface area contributed by atoms with Crippen molar-refractivity contribution in [3.63, 3.8) is 0 Å². The van der Waals surface area contributed by atoms with Gasteiger partial charge in [0.15, 0.2) is 0 Å². The van der Waals surface area contributed by atoms with Gasteiger partial charge in [0, 0.05) is 87.6 Å². The maximum absolute atomic E-state index is 14.4. The van der Waals surface area contributed by atoms with Crippen LogP contribution >= 0.6 is 12.4 Å². The minimum atomic E-state index is -3.74. The van der Waals surface area contributed by atoms with Crippen molar-refractivity contribution in [2.75, 3.05) is 81.6 Å². The third-order valence-electron chi connectivity index (χ3n) is 21.4. The Morgan fingerprint density at radius 1 is 0.574 bits per heavy atom. The second-order valence-corrected chi connectivity index (χ2v) is 38.6. The van der Waals surface area contributed by atoms with E-state index in [2.05, 4.69) is 77.7 Å². The van der Waals surface area contributed by atoms with E-state index in [1.807, 2.05) is 83.1 Å². The fourth-order valence-corrected chi connectivity index (χ4v) is 15.4. The van der Waals surface area contributed by atoms with Gasteiger partial charge < -0.3 is 47.4 Å². The molecule has 0 spiro atoms. The number of isocyanates is 1. The van der Waals surface area contributed by atoms with Crippen molar-refractivity contribution in [2.45, 2.75) is 210 Å². The first-order valence-electron chi connectivity index (χ1n) is 34.9. The van der Waals surface area contributed by atoms with E-state index in [9.17, 15) is 64.8 Å². The highest BCUT2D eigenvalue weighted by molar-refractivity contribution is 7.87. The van der Waals surface area contributed by atoms with Gasteiger partial charge in [-0.3, -0.25) is 38.4 Å². The molecule has 0 aromatic rings. The van der Waals surface area contributed by atoms with Crippen molar-refractivity contribution >= 4 is 91.9 Å². The zero-order valence-electron chi connectivity index (χ0n) is 64.2. The average Bonchev–Trinajstić information content (AvgIpc) is 1.53. The Balaban J connectivity index is 0.000000444. The third kappa shape index (κ3) is 22.4. The lowest BCUT2D eigenvalue weighted by Gasteiger charge is -2.39. The van der Waals surface area contributed by atoms with Crippen LogP contribution in [0.4, 0.5) is 4.79 Å². The summed E-state index contributed by atoms with van der Waals surface area (Å²) in [7, 11) is 1.48. The number of likely N-dealkylation sites (N-methyl/N-ethyl adjacent to an activating group) is 2. The monoisotopic (exact) mass is 1480 g/mol. The van der Waals surface area contributed by atoms with Gasteiger partial charge in [0.1, 0.15) is 18.1 Å². The van der Waals surface area contributed by atoms with Crippen LogP contribution in [0.5, 0.6) is 0 Å². The van der Waals surface area contributed by atoms with Crippen LogP contribution in [0.3, 0.4) is 0 Å². The first-order valence-corrected chi connectivity index (χ1v) is 37.7. The van der Waals surface area contributed by atoms with Crippen molar-refractivity contribution in [1.29, 1.82) is 0 Å². The molecule has 6 fully saturated rings. The van der Waals surface area contributed by atoms with Gasteiger partial charge in [-0.1, -0.05) is 161 Å². The van der Waals surface area contributed by atoms with Gasteiger partial charge in [0.2, 0.25) is 41.3 Å². The number of ketones is 2. The molecule has 0 aromatic carbocycles. The van der Waals surface area contributed by atoms with Gasteiger partial charge >= 0.3 is 6.03 Å². The van der Waals surface area contributed by atoms with Gasteiger partial charge in [0.25, 0.3) is 32.2 Å². The van der Waals surface area contributed by atoms with E-state index < -0.39 is 126 Å². The number of nitrogens with zero attached hydrogens (tertiary/aromatic N) is 7. The molecule has 8 amide bonds. The van der Waals surface area contributed by atoms with E-state index >= 15 is 0 Å². The van der Waals surface area contributed by atoms with Crippen LogP contribution in [0.25, 0.3) is 0 Å². The van der Waals surface area contributed by atoms with Crippen LogP contribution in [0.1, 0.15) is 162 Å².